The lowest BCUT2D eigenvalue weighted by atomic mass is 10.2. The third-order valence-corrected chi connectivity index (χ3v) is 7.00. The number of ketones is 1. The number of aromatic nitrogens is 4. The lowest BCUT2D eigenvalue weighted by Gasteiger charge is -2.05. The molecule has 0 aliphatic carbocycles. The maximum absolute atomic E-state index is 11.3. The van der Waals surface area contributed by atoms with Crippen molar-refractivity contribution in [1.29, 1.82) is 0 Å². The molecule has 0 aromatic carbocycles. The Morgan fingerprint density at radius 3 is 1.44 bits per heavy atom. The number of rotatable bonds is 17. The first-order chi connectivity index (χ1) is 24.2. The van der Waals surface area contributed by atoms with Crippen molar-refractivity contribution in [3.05, 3.63) is 131 Å². The molecule has 262 valence electrons. The fourth-order valence-electron chi connectivity index (χ4n) is 4.37. The standard InChI is InChI=1S/C21H26N4O2.C18H21N3O2/c1-5-14-26-24-18(4)21-13-7-10-19(23-21)11-8-15-27-25-17(3)20-12-6-9-16(2)22-20;1-13-7-4-10-17(19-13)14(2)21-23-12-6-9-16-8-5-11-18(20-16)15(3)22/h5-7,9-10,12-13H,1,8,11,14-15H2,2-4H3;4-5,7-8,10-11H,6,9,12H2,1-3H3/b24-18+,25-17+;21-14+. The zero-order valence-corrected chi connectivity index (χ0v) is 29.9. The molecule has 0 saturated carbocycles. The number of aryl methyl sites for hydroxylation is 4. The summed E-state index contributed by atoms with van der Waals surface area (Å²) in [7, 11) is 0. The second-order valence-electron chi connectivity index (χ2n) is 11.4. The predicted octanol–water partition coefficient (Wildman–Crippen LogP) is 7.45. The molecule has 11 heteroatoms. The molecule has 0 spiro atoms. The van der Waals surface area contributed by atoms with Gasteiger partial charge in [-0.2, -0.15) is 0 Å². The molecule has 0 saturated heterocycles. The zero-order chi connectivity index (χ0) is 36.1. The molecule has 4 aromatic rings. The van der Waals surface area contributed by atoms with Crippen molar-refractivity contribution in [3.63, 3.8) is 0 Å². The number of nitrogens with zero attached hydrogens (tertiary/aromatic N) is 7. The van der Waals surface area contributed by atoms with Gasteiger partial charge in [-0.25, -0.2) is 4.98 Å². The lowest BCUT2D eigenvalue weighted by molar-refractivity contribution is 0.101. The second-order valence-corrected chi connectivity index (χ2v) is 11.4. The Kier molecular flexibility index (Phi) is 16.6. The summed E-state index contributed by atoms with van der Waals surface area (Å²) in [5.74, 6) is -0.0195. The molecule has 0 aliphatic heterocycles. The summed E-state index contributed by atoms with van der Waals surface area (Å²) in [5, 5.41) is 12.3. The highest BCUT2D eigenvalue weighted by Crippen LogP contribution is 2.07. The van der Waals surface area contributed by atoms with Gasteiger partial charge >= 0.3 is 0 Å². The maximum atomic E-state index is 11.3. The highest BCUT2D eigenvalue weighted by atomic mass is 16.6. The molecule has 0 radical (unpaired) electrons. The minimum absolute atomic E-state index is 0.0195. The number of carbonyl (C=O) groups is 1. The van der Waals surface area contributed by atoms with E-state index in [1.807, 2.05) is 101 Å². The minimum atomic E-state index is -0.0195. The van der Waals surface area contributed by atoms with Gasteiger partial charge in [-0.15, -0.1) is 0 Å². The molecule has 11 nitrogen and oxygen atoms in total. The number of pyridine rings is 4. The van der Waals surface area contributed by atoms with Crippen molar-refractivity contribution < 1.29 is 19.3 Å². The monoisotopic (exact) mass is 677 g/mol. The van der Waals surface area contributed by atoms with E-state index in [9.17, 15) is 4.79 Å². The lowest BCUT2D eigenvalue weighted by Crippen LogP contribution is -2.04. The first-order valence-corrected chi connectivity index (χ1v) is 16.6. The zero-order valence-electron chi connectivity index (χ0n) is 29.9. The van der Waals surface area contributed by atoms with Crippen molar-refractivity contribution >= 4 is 22.9 Å². The van der Waals surface area contributed by atoms with Crippen molar-refractivity contribution in [2.75, 3.05) is 19.8 Å². The van der Waals surface area contributed by atoms with Crippen LogP contribution in [0.25, 0.3) is 0 Å². The summed E-state index contributed by atoms with van der Waals surface area (Å²) in [4.78, 5) is 44.9. The van der Waals surface area contributed by atoms with Gasteiger partial charge < -0.3 is 14.5 Å². The Balaban J connectivity index is 0.000000274. The molecule has 0 unspecified atom stereocenters. The normalized spacial score (nSPS) is 11.7. The van der Waals surface area contributed by atoms with Gasteiger partial charge in [0, 0.05) is 29.7 Å². The Labute approximate surface area is 295 Å². The summed E-state index contributed by atoms with van der Waals surface area (Å²) in [6.07, 6.45) is 4.80. The highest BCUT2D eigenvalue weighted by molar-refractivity contribution is 5.97. The van der Waals surface area contributed by atoms with E-state index in [2.05, 4.69) is 42.0 Å². The van der Waals surface area contributed by atoms with Gasteiger partial charge in [0.05, 0.1) is 17.1 Å². The molecule has 4 heterocycles. The highest BCUT2D eigenvalue weighted by Gasteiger charge is 2.05. The number of hydrogen-bond donors (Lipinski definition) is 0. The quantitative estimate of drug-likeness (QED) is 0.0370. The molecule has 0 amide bonds. The third kappa shape index (κ3) is 14.3. The third-order valence-electron chi connectivity index (χ3n) is 7.00. The van der Waals surface area contributed by atoms with Gasteiger partial charge in [-0.1, -0.05) is 52.4 Å². The van der Waals surface area contributed by atoms with E-state index in [1.165, 1.54) is 6.92 Å². The van der Waals surface area contributed by atoms with Crippen molar-refractivity contribution in [1.82, 2.24) is 19.9 Å². The summed E-state index contributed by atoms with van der Waals surface area (Å²) in [6.45, 7) is 16.0. The number of oxime groups is 3. The topological polar surface area (TPSA) is 133 Å². The van der Waals surface area contributed by atoms with Crippen LogP contribution in [0.1, 0.15) is 90.9 Å². The number of Topliss-reactive ketones (excluding diaryl/α,β-unsaturated/α-hetero) is 1. The van der Waals surface area contributed by atoms with E-state index in [4.69, 9.17) is 14.5 Å². The summed E-state index contributed by atoms with van der Waals surface area (Å²) < 4.78 is 0. The van der Waals surface area contributed by atoms with Gasteiger partial charge in [0.1, 0.15) is 42.6 Å². The SMILES string of the molecule is C=CCO/N=C(\C)c1cccc(CCCO/N=C(\C)c2cccc(C)n2)n1.CC(=O)c1cccc(CCCO/N=C(\C)c2cccc(C)n2)n1. The van der Waals surface area contributed by atoms with Gasteiger partial charge in [0.25, 0.3) is 0 Å². The summed E-state index contributed by atoms with van der Waals surface area (Å²) >= 11 is 0. The van der Waals surface area contributed by atoms with E-state index >= 15 is 0 Å². The Morgan fingerprint density at radius 1 is 0.600 bits per heavy atom. The fraction of sp³-hybridized carbons (Fsp3) is 0.333. The Bertz CT molecular complexity index is 1790. The first kappa shape index (κ1) is 38.9. The van der Waals surface area contributed by atoms with Gasteiger partial charge in [0.2, 0.25) is 0 Å². The molecule has 0 atom stereocenters. The van der Waals surface area contributed by atoms with E-state index in [0.29, 0.717) is 25.5 Å². The fourth-order valence-corrected chi connectivity index (χ4v) is 4.37. The van der Waals surface area contributed by atoms with Crippen molar-refractivity contribution in [2.45, 2.75) is 67.2 Å². The van der Waals surface area contributed by atoms with Crippen LogP contribution in [0.15, 0.2) is 101 Å². The molecule has 0 fully saturated rings. The average molecular weight is 678 g/mol. The number of hydrogen-bond acceptors (Lipinski definition) is 11. The first-order valence-electron chi connectivity index (χ1n) is 16.6. The van der Waals surface area contributed by atoms with Gasteiger partial charge in [-0.3, -0.25) is 19.7 Å². The van der Waals surface area contributed by atoms with Crippen molar-refractivity contribution in [3.8, 4) is 0 Å². The predicted molar refractivity (Wildman–Crippen MR) is 198 cm³/mol. The van der Waals surface area contributed by atoms with Crippen LogP contribution in [0.2, 0.25) is 0 Å². The Morgan fingerprint density at radius 2 is 1.00 bits per heavy atom. The summed E-state index contributed by atoms with van der Waals surface area (Å²) in [5.41, 5.74) is 9.00. The minimum Gasteiger partial charge on any atom is -0.396 e. The molecule has 0 aliphatic rings. The van der Waals surface area contributed by atoms with Crippen LogP contribution in [0.5, 0.6) is 0 Å². The van der Waals surface area contributed by atoms with Crippen LogP contribution >= 0.6 is 0 Å². The molecule has 0 N–H and O–H groups in total. The molecule has 50 heavy (non-hydrogen) atoms. The van der Waals surface area contributed by atoms with Crippen LogP contribution in [-0.4, -0.2) is 62.7 Å². The van der Waals surface area contributed by atoms with Gasteiger partial charge in [-0.05, 0) is 109 Å². The molecule has 0 bridgehead atoms. The van der Waals surface area contributed by atoms with E-state index in [-0.39, 0.29) is 5.78 Å². The van der Waals surface area contributed by atoms with E-state index in [0.717, 1.165) is 82.7 Å². The van der Waals surface area contributed by atoms with E-state index < -0.39 is 0 Å². The molecular formula is C39H47N7O4. The van der Waals surface area contributed by atoms with Crippen molar-refractivity contribution in [2.24, 2.45) is 15.5 Å². The molecule has 4 aromatic heterocycles. The van der Waals surface area contributed by atoms with Crippen LogP contribution in [0.4, 0.5) is 0 Å². The maximum Gasteiger partial charge on any atom is 0.178 e. The summed E-state index contributed by atoms with van der Waals surface area (Å²) in [6, 6.07) is 23.0. The van der Waals surface area contributed by atoms with Crippen LogP contribution < -0.4 is 0 Å². The Hall–Kier alpha value is -5.58. The molecule has 4 rings (SSSR count). The largest absolute Gasteiger partial charge is 0.396 e. The second kappa shape index (κ2) is 21.4. The number of carbonyl (C=O) groups excluding carboxylic acids is 1. The van der Waals surface area contributed by atoms with E-state index in [1.54, 1.807) is 12.1 Å². The smallest absolute Gasteiger partial charge is 0.178 e. The van der Waals surface area contributed by atoms with Crippen LogP contribution in [-0.2, 0) is 27.4 Å². The van der Waals surface area contributed by atoms with Crippen LogP contribution in [0, 0.1) is 13.8 Å². The molecular weight excluding hydrogens is 630 g/mol. The van der Waals surface area contributed by atoms with Gasteiger partial charge in [0.15, 0.2) is 5.78 Å². The van der Waals surface area contributed by atoms with Crippen LogP contribution in [0.3, 0.4) is 0 Å². The average Bonchev–Trinajstić information content (AvgIpc) is 3.11.